The SMILES string of the molecule is CCC(N)C(Oc1cc(Br)cc(F)c1F)C(F)(F)F. The maximum atomic E-state index is 13.4. The molecule has 1 rings (SSSR count). The standard InChI is InChI=1S/C11H11BrF5NO/c1-2-7(18)10(11(15,16)17)19-8-4-5(12)3-6(13)9(8)14/h3-4,7,10H,2,18H2,1H3. The molecule has 0 aromatic heterocycles. The number of halogens is 6. The largest absolute Gasteiger partial charge is 0.476 e. The van der Waals surface area contributed by atoms with Crippen LogP contribution in [0.5, 0.6) is 5.75 Å². The van der Waals surface area contributed by atoms with Gasteiger partial charge in [0, 0.05) is 4.47 Å². The van der Waals surface area contributed by atoms with Crippen molar-refractivity contribution in [2.24, 2.45) is 5.73 Å². The van der Waals surface area contributed by atoms with Gasteiger partial charge >= 0.3 is 6.18 Å². The lowest BCUT2D eigenvalue weighted by Gasteiger charge is -2.26. The molecule has 2 atom stereocenters. The summed E-state index contributed by atoms with van der Waals surface area (Å²) < 4.78 is 69.3. The second-order valence-electron chi connectivity index (χ2n) is 3.85. The number of benzene rings is 1. The van der Waals surface area contributed by atoms with Crippen molar-refractivity contribution < 1.29 is 26.7 Å². The Hall–Kier alpha value is -0.890. The summed E-state index contributed by atoms with van der Waals surface area (Å²) in [5.41, 5.74) is 5.30. The van der Waals surface area contributed by atoms with Crippen LogP contribution in [0.15, 0.2) is 16.6 Å². The second-order valence-corrected chi connectivity index (χ2v) is 4.77. The Balaban J connectivity index is 3.10. The Bertz CT molecular complexity index is 451. The quantitative estimate of drug-likeness (QED) is 0.664. The molecule has 0 aliphatic rings. The molecule has 2 unspecified atom stereocenters. The van der Waals surface area contributed by atoms with E-state index >= 15 is 0 Å². The monoisotopic (exact) mass is 347 g/mol. The van der Waals surface area contributed by atoms with Crippen LogP contribution in [0.2, 0.25) is 0 Å². The van der Waals surface area contributed by atoms with E-state index in [0.717, 1.165) is 12.1 Å². The van der Waals surface area contributed by atoms with Crippen LogP contribution in [0.3, 0.4) is 0 Å². The molecule has 1 aromatic rings. The third kappa shape index (κ3) is 4.04. The fourth-order valence-corrected chi connectivity index (χ4v) is 1.77. The first kappa shape index (κ1) is 16.2. The van der Waals surface area contributed by atoms with Gasteiger partial charge in [0.25, 0.3) is 0 Å². The van der Waals surface area contributed by atoms with Gasteiger partial charge in [0.2, 0.25) is 11.9 Å². The van der Waals surface area contributed by atoms with E-state index in [1.807, 2.05) is 0 Å². The molecule has 0 spiro atoms. The highest BCUT2D eigenvalue weighted by molar-refractivity contribution is 9.10. The molecule has 0 amide bonds. The lowest BCUT2D eigenvalue weighted by atomic mass is 10.1. The lowest BCUT2D eigenvalue weighted by molar-refractivity contribution is -0.201. The molecule has 1 aromatic carbocycles. The fourth-order valence-electron chi connectivity index (χ4n) is 1.37. The van der Waals surface area contributed by atoms with Gasteiger partial charge in [-0.15, -0.1) is 0 Å². The minimum atomic E-state index is -4.78. The van der Waals surface area contributed by atoms with Crippen LogP contribution in [-0.2, 0) is 0 Å². The Morgan fingerprint density at radius 2 is 1.89 bits per heavy atom. The van der Waals surface area contributed by atoms with Crippen molar-refractivity contribution in [1.82, 2.24) is 0 Å². The maximum absolute atomic E-state index is 13.4. The number of hydrogen-bond donors (Lipinski definition) is 1. The smallest absolute Gasteiger partial charge is 0.426 e. The van der Waals surface area contributed by atoms with Gasteiger partial charge in [-0.3, -0.25) is 0 Å². The number of hydrogen-bond acceptors (Lipinski definition) is 2. The van der Waals surface area contributed by atoms with Gasteiger partial charge in [-0.2, -0.15) is 17.6 Å². The Labute approximate surface area is 114 Å². The van der Waals surface area contributed by atoms with E-state index in [9.17, 15) is 22.0 Å². The molecule has 8 heteroatoms. The summed E-state index contributed by atoms with van der Waals surface area (Å²) in [6.45, 7) is 1.44. The highest BCUT2D eigenvalue weighted by Crippen LogP contribution is 2.31. The summed E-state index contributed by atoms with van der Waals surface area (Å²) in [5.74, 6) is -3.63. The molecule has 0 saturated heterocycles. The Morgan fingerprint density at radius 1 is 1.32 bits per heavy atom. The van der Waals surface area contributed by atoms with Crippen LogP contribution in [0, 0.1) is 11.6 Å². The average Bonchev–Trinajstić information content (AvgIpc) is 2.29. The van der Waals surface area contributed by atoms with Crippen LogP contribution in [0.25, 0.3) is 0 Å². The lowest BCUT2D eigenvalue weighted by Crippen LogP contribution is -2.48. The molecule has 0 heterocycles. The highest BCUT2D eigenvalue weighted by atomic mass is 79.9. The van der Waals surface area contributed by atoms with E-state index in [4.69, 9.17) is 5.73 Å². The number of alkyl halides is 3. The fraction of sp³-hybridized carbons (Fsp3) is 0.455. The predicted octanol–water partition coefficient (Wildman–Crippen LogP) is 3.77. The van der Waals surface area contributed by atoms with Crippen LogP contribution < -0.4 is 10.5 Å². The van der Waals surface area contributed by atoms with E-state index in [0.29, 0.717) is 0 Å². The molecule has 0 aliphatic carbocycles. The van der Waals surface area contributed by atoms with Crippen molar-refractivity contribution in [1.29, 1.82) is 0 Å². The van der Waals surface area contributed by atoms with Crippen LogP contribution in [-0.4, -0.2) is 18.3 Å². The van der Waals surface area contributed by atoms with E-state index in [1.165, 1.54) is 6.92 Å². The number of ether oxygens (including phenoxy) is 1. The zero-order valence-corrected chi connectivity index (χ0v) is 11.4. The molecule has 2 N–H and O–H groups in total. The van der Waals surface area contributed by atoms with Crippen molar-refractivity contribution in [3.63, 3.8) is 0 Å². The maximum Gasteiger partial charge on any atom is 0.426 e. The molecule has 0 fully saturated rings. The van der Waals surface area contributed by atoms with Gasteiger partial charge in [-0.25, -0.2) is 4.39 Å². The van der Waals surface area contributed by atoms with Crippen molar-refractivity contribution >= 4 is 15.9 Å². The summed E-state index contributed by atoms with van der Waals surface area (Å²) in [5, 5.41) is 0. The van der Waals surface area contributed by atoms with Gasteiger partial charge in [0.15, 0.2) is 11.6 Å². The predicted molar refractivity (Wildman–Crippen MR) is 62.8 cm³/mol. The molecule has 0 radical (unpaired) electrons. The van der Waals surface area contributed by atoms with Gasteiger partial charge in [-0.1, -0.05) is 22.9 Å². The van der Waals surface area contributed by atoms with Crippen molar-refractivity contribution in [3.05, 3.63) is 28.2 Å². The summed E-state index contributed by atoms with van der Waals surface area (Å²) in [6.07, 6.45) is -7.20. The number of nitrogens with two attached hydrogens (primary N) is 1. The molecule has 108 valence electrons. The van der Waals surface area contributed by atoms with E-state index in [1.54, 1.807) is 0 Å². The minimum Gasteiger partial charge on any atom is -0.476 e. The minimum absolute atomic E-state index is 0.0255. The molecule has 0 saturated carbocycles. The Morgan fingerprint density at radius 3 is 2.37 bits per heavy atom. The molecule has 2 nitrogen and oxygen atoms in total. The summed E-state index contributed by atoms with van der Waals surface area (Å²) in [6, 6.07) is 0.325. The van der Waals surface area contributed by atoms with Crippen molar-refractivity contribution in [3.8, 4) is 5.75 Å². The summed E-state index contributed by atoms with van der Waals surface area (Å²) in [4.78, 5) is 0. The van der Waals surface area contributed by atoms with E-state index in [-0.39, 0.29) is 10.9 Å². The first-order valence-corrected chi connectivity index (χ1v) is 6.09. The highest BCUT2D eigenvalue weighted by Gasteiger charge is 2.45. The topological polar surface area (TPSA) is 35.2 Å². The summed E-state index contributed by atoms with van der Waals surface area (Å²) in [7, 11) is 0. The first-order chi connectivity index (χ1) is 8.66. The van der Waals surface area contributed by atoms with Crippen molar-refractivity contribution in [2.75, 3.05) is 0 Å². The zero-order valence-electron chi connectivity index (χ0n) is 9.77. The molecule has 0 bridgehead atoms. The molecule has 19 heavy (non-hydrogen) atoms. The molecular weight excluding hydrogens is 337 g/mol. The van der Waals surface area contributed by atoms with E-state index in [2.05, 4.69) is 20.7 Å². The van der Waals surface area contributed by atoms with Crippen molar-refractivity contribution in [2.45, 2.75) is 31.7 Å². The van der Waals surface area contributed by atoms with Gasteiger partial charge in [0.1, 0.15) is 0 Å². The normalized spacial score (nSPS) is 15.2. The average molecular weight is 348 g/mol. The third-order valence-electron chi connectivity index (χ3n) is 2.40. The second kappa shape index (κ2) is 6.04. The number of rotatable bonds is 4. The molecule has 0 aliphatic heterocycles. The summed E-state index contributed by atoms with van der Waals surface area (Å²) >= 11 is 2.84. The third-order valence-corrected chi connectivity index (χ3v) is 2.85. The Kier molecular flexibility index (Phi) is 5.14. The first-order valence-electron chi connectivity index (χ1n) is 5.30. The van der Waals surface area contributed by atoms with Gasteiger partial charge in [0.05, 0.1) is 6.04 Å². The van der Waals surface area contributed by atoms with E-state index < -0.39 is 35.7 Å². The van der Waals surface area contributed by atoms with Crippen LogP contribution in [0.1, 0.15) is 13.3 Å². The van der Waals surface area contributed by atoms with Gasteiger partial charge in [-0.05, 0) is 18.6 Å². The van der Waals surface area contributed by atoms with Crippen LogP contribution >= 0.6 is 15.9 Å². The molecular formula is C11H11BrF5NO. The van der Waals surface area contributed by atoms with Gasteiger partial charge < -0.3 is 10.5 Å². The van der Waals surface area contributed by atoms with Crippen LogP contribution in [0.4, 0.5) is 22.0 Å². The zero-order chi connectivity index (χ0) is 14.8.